The number of hydrogen-bond acceptors (Lipinski definition) is 4. The van der Waals surface area contributed by atoms with Crippen LogP contribution >= 0.6 is 0 Å². The normalized spacial score (nSPS) is 24.3. The lowest BCUT2D eigenvalue weighted by Crippen LogP contribution is -2.46. The van der Waals surface area contributed by atoms with Gasteiger partial charge in [-0.3, -0.25) is 10.2 Å². The van der Waals surface area contributed by atoms with Crippen LogP contribution in [0.15, 0.2) is 29.0 Å². The molecule has 0 aromatic heterocycles. The predicted molar refractivity (Wildman–Crippen MR) is 116 cm³/mol. The van der Waals surface area contributed by atoms with E-state index in [1.807, 2.05) is 0 Å². The van der Waals surface area contributed by atoms with Crippen LogP contribution in [0.2, 0.25) is 0 Å². The summed E-state index contributed by atoms with van der Waals surface area (Å²) in [6.07, 6.45) is 0.907. The molecule has 2 fully saturated rings. The molecule has 1 aromatic carbocycles. The number of halogens is 5. The monoisotopic (exact) mass is 482 g/mol. The highest BCUT2D eigenvalue weighted by Gasteiger charge is 2.41. The second kappa shape index (κ2) is 8.94. The van der Waals surface area contributed by atoms with Gasteiger partial charge in [0.25, 0.3) is 5.91 Å². The third-order valence-electron chi connectivity index (χ3n) is 7.29. The molecular weight excluding hydrogens is 455 g/mol. The molecule has 1 aromatic rings. The zero-order chi connectivity index (χ0) is 24.0. The average molecular weight is 482 g/mol. The highest BCUT2D eigenvalue weighted by molar-refractivity contribution is 6.40. The summed E-state index contributed by atoms with van der Waals surface area (Å²) < 4.78 is 67.9. The number of likely N-dealkylation sites (tertiary alicyclic amines) is 1. The summed E-state index contributed by atoms with van der Waals surface area (Å²) in [5, 5.41) is 4.36. The van der Waals surface area contributed by atoms with E-state index in [9.17, 15) is 26.7 Å². The summed E-state index contributed by atoms with van der Waals surface area (Å²) in [6.45, 7) is 3.14. The number of nitrogens with one attached hydrogen (secondary N) is 1. The summed E-state index contributed by atoms with van der Waals surface area (Å²) in [4.78, 5) is 17.3. The first-order chi connectivity index (χ1) is 16.2. The van der Waals surface area contributed by atoms with E-state index in [0.717, 1.165) is 49.8 Å². The summed E-state index contributed by atoms with van der Waals surface area (Å²) in [5.41, 5.74) is 2.64. The van der Waals surface area contributed by atoms with Crippen LogP contribution in [0.1, 0.15) is 49.1 Å². The van der Waals surface area contributed by atoms with Crippen molar-refractivity contribution in [2.24, 2.45) is 16.9 Å². The van der Waals surface area contributed by atoms with Crippen LogP contribution in [0.3, 0.4) is 0 Å². The molecule has 0 radical (unpaired) electrons. The second-order valence-electron chi connectivity index (χ2n) is 9.75. The van der Waals surface area contributed by atoms with E-state index < -0.39 is 29.3 Å². The summed E-state index contributed by atoms with van der Waals surface area (Å²) in [6, 6.07) is 1.76. The van der Waals surface area contributed by atoms with Crippen molar-refractivity contribution in [3.8, 4) is 0 Å². The Balaban J connectivity index is 1.26. The number of carbonyl (C=O) groups excluding carboxylic acids is 1. The minimum atomic E-state index is -4.99. The van der Waals surface area contributed by atoms with Crippen molar-refractivity contribution in [1.29, 1.82) is 0 Å². The third-order valence-corrected chi connectivity index (χ3v) is 7.29. The predicted octanol–water partition coefficient (Wildman–Crippen LogP) is 4.26. The number of hydrazone groups is 1. The highest BCUT2D eigenvalue weighted by Crippen LogP contribution is 2.41. The lowest BCUT2D eigenvalue weighted by molar-refractivity contribution is -0.141. The molecule has 3 aliphatic heterocycles. The maximum absolute atomic E-state index is 14.0. The van der Waals surface area contributed by atoms with Crippen molar-refractivity contribution in [2.45, 2.75) is 44.2 Å². The molecule has 1 N–H and O–H groups in total. The first-order valence-corrected chi connectivity index (χ1v) is 11.8. The van der Waals surface area contributed by atoms with E-state index in [4.69, 9.17) is 0 Å². The van der Waals surface area contributed by atoms with Crippen molar-refractivity contribution in [1.82, 2.24) is 15.2 Å². The van der Waals surface area contributed by atoms with Gasteiger partial charge in [-0.25, -0.2) is 8.78 Å². The topological polar surface area (TPSA) is 47.9 Å². The lowest BCUT2D eigenvalue weighted by Gasteiger charge is -2.35. The van der Waals surface area contributed by atoms with E-state index >= 15 is 0 Å². The summed E-state index contributed by atoms with van der Waals surface area (Å²) in [5.74, 6) is -3.59. The summed E-state index contributed by atoms with van der Waals surface area (Å²) in [7, 11) is 0. The molecule has 34 heavy (non-hydrogen) atoms. The van der Waals surface area contributed by atoms with Crippen LogP contribution in [-0.4, -0.2) is 54.1 Å². The minimum Gasteiger partial charge on any atom is -0.337 e. The quantitative estimate of drug-likeness (QED) is 0.653. The zero-order valence-corrected chi connectivity index (χ0v) is 18.7. The number of alkyl halides is 3. The van der Waals surface area contributed by atoms with Crippen molar-refractivity contribution >= 4 is 11.6 Å². The Morgan fingerprint density at radius 3 is 2.50 bits per heavy atom. The first-order valence-electron chi connectivity index (χ1n) is 11.8. The Bertz CT molecular complexity index is 1020. The molecule has 1 aliphatic carbocycles. The van der Waals surface area contributed by atoms with Gasteiger partial charge in [0.15, 0.2) is 11.6 Å². The van der Waals surface area contributed by atoms with E-state index in [-0.39, 0.29) is 43.3 Å². The molecule has 1 saturated carbocycles. The molecule has 4 aliphatic rings. The van der Waals surface area contributed by atoms with Gasteiger partial charge in [0, 0.05) is 50.8 Å². The lowest BCUT2D eigenvalue weighted by atomic mass is 9.85. The molecule has 3 heterocycles. The Morgan fingerprint density at radius 2 is 1.82 bits per heavy atom. The standard InChI is InChI=1S/C24H27F5N4O/c25-19-4-3-18(20(21(19)26)24(27,28)29)15-5-9-33(10-6-15)23(34)22-16-11-17(30-31-22)7-8-32(13-16)12-14-1-2-14/h3-4,11,14-16,30H,1-2,5-10,12-13H2. The third kappa shape index (κ3) is 4.69. The fourth-order valence-electron chi connectivity index (χ4n) is 5.29. The van der Waals surface area contributed by atoms with Crippen LogP contribution < -0.4 is 5.43 Å². The molecule has 184 valence electrons. The molecule has 2 bridgehead atoms. The van der Waals surface area contributed by atoms with Crippen molar-refractivity contribution in [2.75, 3.05) is 32.7 Å². The smallest absolute Gasteiger partial charge is 0.337 e. The van der Waals surface area contributed by atoms with Gasteiger partial charge in [0.05, 0.1) is 5.56 Å². The number of benzene rings is 1. The Hall–Kier alpha value is -2.49. The van der Waals surface area contributed by atoms with Gasteiger partial charge in [0.2, 0.25) is 0 Å². The number of carbonyl (C=O) groups is 1. The van der Waals surface area contributed by atoms with Crippen LogP contribution in [0.5, 0.6) is 0 Å². The van der Waals surface area contributed by atoms with Crippen LogP contribution in [-0.2, 0) is 11.0 Å². The molecule has 1 amide bonds. The average Bonchev–Trinajstić information content (AvgIpc) is 3.63. The molecule has 0 spiro atoms. The van der Waals surface area contributed by atoms with Gasteiger partial charge in [-0.05, 0) is 49.1 Å². The number of hydrogen-bond donors (Lipinski definition) is 1. The molecule has 5 rings (SSSR count). The van der Waals surface area contributed by atoms with Gasteiger partial charge in [-0.15, -0.1) is 0 Å². The number of nitrogens with zero attached hydrogens (tertiary/aromatic N) is 3. The van der Waals surface area contributed by atoms with Crippen molar-refractivity contribution < 1.29 is 26.7 Å². The van der Waals surface area contributed by atoms with Gasteiger partial charge >= 0.3 is 6.18 Å². The molecule has 5 nitrogen and oxygen atoms in total. The van der Waals surface area contributed by atoms with Gasteiger partial charge < -0.3 is 9.80 Å². The van der Waals surface area contributed by atoms with E-state index in [1.54, 1.807) is 4.90 Å². The SMILES string of the molecule is O=C(C1=NNC2=CC1CN(CC1CC1)CC2)N1CCC(c2ccc(F)c(F)c2C(F)(F)F)CC1. The highest BCUT2D eigenvalue weighted by atomic mass is 19.4. The van der Waals surface area contributed by atoms with Crippen LogP contribution in [0, 0.1) is 23.5 Å². The molecule has 10 heteroatoms. The fraction of sp³-hybridized carbons (Fsp3) is 0.583. The molecular formula is C24H27F5N4O. The van der Waals surface area contributed by atoms with Crippen LogP contribution in [0.25, 0.3) is 0 Å². The van der Waals surface area contributed by atoms with Gasteiger partial charge in [0.1, 0.15) is 5.71 Å². The number of rotatable bonds is 4. The number of fused-ring (bicyclic) bond motifs is 1. The van der Waals surface area contributed by atoms with Gasteiger partial charge in [-0.1, -0.05) is 12.1 Å². The molecule has 1 atom stereocenters. The van der Waals surface area contributed by atoms with Gasteiger partial charge in [-0.2, -0.15) is 18.3 Å². The first kappa shape index (κ1) is 23.3. The largest absolute Gasteiger partial charge is 0.419 e. The van der Waals surface area contributed by atoms with E-state index in [2.05, 4.69) is 21.5 Å². The maximum Gasteiger partial charge on any atom is 0.419 e. The van der Waals surface area contributed by atoms with Crippen molar-refractivity contribution in [3.63, 3.8) is 0 Å². The van der Waals surface area contributed by atoms with Crippen LogP contribution in [0.4, 0.5) is 22.0 Å². The molecule has 1 unspecified atom stereocenters. The molecule has 1 saturated heterocycles. The minimum absolute atomic E-state index is 0.120. The van der Waals surface area contributed by atoms with Crippen molar-refractivity contribution in [3.05, 3.63) is 46.7 Å². The van der Waals surface area contributed by atoms with E-state index in [0.29, 0.717) is 5.71 Å². The Morgan fingerprint density at radius 1 is 1.09 bits per heavy atom. The Kier molecular flexibility index (Phi) is 6.12. The fourth-order valence-corrected chi connectivity index (χ4v) is 5.29. The zero-order valence-electron chi connectivity index (χ0n) is 18.7. The number of piperidine rings is 1. The van der Waals surface area contributed by atoms with E-state index in [1.165, 1.54) is 12.8 Å². The Labute approximate surface area is 194 Å². The summed E-state index contributed by atoms with van der Waals surface area (Å²) >= 11 is 0. The second-order valence-corrected chi connectivity index (χ2v) is 9.75. The maximum atomic E-state index is 14.0. The number of amides is 1.